The number of hydrogen-bond donors (Lipinski definition) is 1. The van der Waals surface area contributed by atoms with Crippen LogP contribution in [0.15, 0.2) is 18.6 Å². The van der Waals surface area contributed by atoms with Crippen molar-refractivity contribution in [3.05, 3.63) is 18.6 Å². The highest BCUT2D eigenvalue weighted by atomic mass is 32.2. The fourth-order valence-corrected chi connectivity index (χ4v) is 3.35. The van der Waals surface area contributed by atoms with Gasteiger partial charge in [-0.05, 0) is 11.8 Å². The van der Waals surface area contributed by atoms with Crippen molar-refractivity contribution in [1.82, 2.24) is 14.7 Å². The fraction of sp³-hybridized carbons (Fsp3) is 0.667. The first-order valence-electron chi connectivity index (χ1n) is 6.35. The van der Waals surface area contributed by atoms with E-state index in [-0.39, 0.29) is 12.0 Å². The second kappa shape index (κ2) is 5.42. The molecule has 1 fully saturated rings. The van der Waals surface area contributed by atoms with E-state index in [1.54, 1.807) is 18.6 Å². The molecule has 1 aromatic rings. The molecule has 2 atom stereocenters. The Balaban J connectivity index is 2.16. The normalized spacial score (nSPS) is 24.1. The number of hydrogen-bond acceptors (Lipinski definition) is 5. The van der Waals surface area contributed by atoms with Gasteiger partial charge >= 0.3 is 0 Å². The van der Waals surface area contributed by atoms with Crippen molar-refractivity contribution >= 4 is 15.8 Å². The number of sulfonamides is 1. The maximum atomic E-state index is 11.4. The van der Waals surface area contributed by atoms with Gasteiger partial charge in [0.2, 0.25) is 10.0 Å². The first-order chi connectivity index (χ1) is 8.87. The van der Waals surface area contributed by atoms with Gasteiger partial charge in [-0.2, -0.15) is 0 Å². The summed E-state index contributed by atoms with van der Waals surface area (Å²) in [6, 6.07) is -0.0722. The average Bonchev–Trinajstić information content (AvgIpc) is 2.72. The standard InChI is InChI=1S/C12H20N4O2S/c1-9(2)10-7-16(12-6-13-4-5-14-12)8-11(10)15-19(3,17)18/h4-6,9-11,15H,7-8H2,1-3H3/t10-,11+/m1/s1. The molecule has 0 aromatic carbocycles. The van der Waals surface area contributed by atoms with E-state index in [1.165, 1.54) is 6.26 Å². The molecule has 0 amide bonds. The first-order valence-corrected chi connectivity index (χ1v) is 8.24. The van der Waals surface area contributed by atoms with Crippen LogP contribution in [0.5, 0.6) is 0 Å². The summed E-state index contributed by atoms with van der Waals surface area (Å²) in [6.07, 6.45) is 6.19. The number of nitrogens with one attached hydrogen (secondary N) is 1. The molecule has 1 aliphatic heterocycles. The maximum Gasteiger partial charge on any atom is 0.209 e. The molecule has 2 rings (SSSR count). The van der Waals surface area contributed by atoms with E-state index in [2.05, 4.69) is 33.4 Å². The van der Waals surface area contributed by atoms with Crippen LogP contribution >= 0.6 is 0 Å². The summed E-state index contributed by atoms with van der Waals surface area (Å²) in [4.78, 5) is 10.4. The second-order valence-corrected chi connectivity index (χ2v) is 7.15. The molecule has 0 unspecified atom stereocenters. The summed E-state index contributed by atoms with van der Waals surface area (Å²) < 4.78 is 25.6. The van der Waals surface area contributed by atoms with Gasteiger partial charge in [0.15, 0.2) is 0 Å². The minimum Gasteiger partial charge on any atom is -0.353 e. The predicted molar refractivity (Wildman–Crippen MR) is 74.3 cm³/mol. The molecule has 6 nitrogen and oxygen atoms in total. The van der Waals surface area contributed by atoms with Crippen molar-refractivity contribution in [1.29, 1.82) is 0 Å². The monoisotopic (exact) mass is 284 g/mol. The van der Waals surface area contributed by atoms with Gasteiger partial charge in [0, 0.05) is 31.5 Å². The van der Waals surface area contributed by atoms with Crippen LogP contribution < -0.4 is 9.62 Å². The molecule has 0 spiro atoms. The minimum absolute atomic E-state index is 0.0722. The molecule has 106 valence electrons. The third-order valence-electron chi connectivity index (χ3n) is 3.46. The Morgan fingerprint density at radius 2 is 2.11 bits per heavy atom. The molecule has 1 aliphatic rings. The van der Waals surface area contributed by atoms with Crippen LogP contribution in [0, 0.1) is 11.8 Å². The average molecular weight is 284 g/mol. The summed E-state index contributed by atoms with van der Waals surface area (Å²) in [7, 11) is -3.19. The third kappa shape index (κ3) is 3.63. The number of aromatic nitrogens is 2. The van der Waals surface area contributed by atoms with Crippen molar-refractivity contribution in [2.45, 2.75) is 19.9 Å². The van der Waals surface area contributed by atoms with Gasteiger partial charge in [0.25, 0.3) is 0 Å². The lowest BCUT2D eigenvalue weighted by Crippen LogP contribution is -2.41. The Kier molecular flexibility index (Phi) is 4.05. The highest BCUT2D eigenvalue weighted by Gasteiger charge is 2.36. The van der Waals surface area contributed by atoms with Crippen molar-refractivity contribution in [3.63, 3.8) is 0 Å². The van der Waals surface area contributed by atoms with Gasteiger partial charge in [-0.25, -0.2) is 18.1 Å². The molecule has 19 heavy (non-hydrogen) atoms. The summed E-state index contributed by atoms with van der Waals surface area (Å²) in [6.45, 7) is 5.65. The molecular weight excluding hydrogens is 264 g/mol. The zero-order valence-corrected chi connectivity index (χ0v) is 12.3. The SMILES string of the molecule is CC(C)[C@H]1CN(c2cnccn2)C[C@@H]1NS(C)(=O)=O. The molecule has 1 aromatic heterocycles. The third-order valence-corrected chi connectivity index (χ3v) is 4.19. The van der Waals surface area contributed by atoms with E-state index in [1.807, 2.05) is 0 Å². The lowest BCUT2D eigenvalue weighted by atomic mass is 9.92. The number of nitrogens with zero attached hydrogens (tertiary/aromatic N) is 3. The number of anilines is 1. The van der Waals surface area contributed by atoms with Crippen LogP contribution in [0.2, 0.25) is 0 Å². The highest BCUT2D eigenvalue weighted by molar-refractivity contribution is 7.88. The summed E-state index contributed by atoms with van der Waals surface area (Å²) in [5.74, 6) is 1.48. The van der Waals surface area contributed by atoms with Crippen molar-refractivity contribution in [3.8, 4) is 0 Å². The van der Waals surface area contributed by atoms with E-state index in [9.17, 15) is 8.42 Å². The van der Waals surface area contributed by atoms with Crippen LogP contribution in [0.4, 0.5) is 5.82 Å². The molecule has 7 heteroatoms. The van der Waals surface area contributed by atoms with E-state index >= 15 is 0 Å². The zero-order chi connectivity index (χ0) is 14.0. The summed E-state index contributed by atoms with van der Waals surface area (Å²) in [5.41, 5.74) is 0. The quantitative estimate of drug-likeness (QED) is 0.870. The lowest BCUT2D eigenvalue weighted by molar-refractivity contribution is 0.365. The molecular formula is C12H20N4O2S. The van der Waals surface area contributed by atoms with Gasteiger partial charge < -0.3 is 4.90 Å². The first kappa shape index (κ1) is 14.2. The van der Waals surface area contributed by atoms with Crippen molar-refractivity contribution < 1.29 is 8.42 Å². The van der Waals surface area contributed by atoms with Crippen molar-refractivity contribution in [2.75, 3.05) is 24.2 Å². The zero-order valence-electron chi connectivity index (χ0n) is 11.4. The van der Waals surface area contributed by atoms with Crippen LogP contribution in [0.25, 0.3) is 0 Å². The highest BCUT2D eigenvalue weighted by Crippen LogP contribution is 2.27. The minimum atomic E-state index is -3.19. The van der Waals surface area contributed by atoms with E-state index in [4.69, 9.17) is 0 Å². The summed E-state index contributed by atoms with van der Waals surface area (Å²) in [5, 5.41) is 0. The Hall–Kier alpha value is -1.21. The topological polar surface area (TPSA) is 75.2 Å². The van der Waals surface area contributed by atoms with Gasteiger partial charge in [-0.1, -0.05) is 13.8 Å². The van der Waals surface area contributed by atoms with Gasteiger partial charge in [0.1, 0.15) is 5.82 Å². The lowest BCUT2D eigenvalue weighted by Gasteiger charge is -2.21. The van der Waals surface area contributed by atoms with Crippen LogP contribution in [-0.2, 0) is 10.0 Å². The molecule has 0 bridgehead atoms. The molecule has 0 aliphatic carbocycles. The Morgan fingerprint density at radius 1 is 1.37 bits per heavy atom. The maximum absolute atomic E-state index is 11.4. The van der Waals surface area contributed by atoms with E-state index in [0.717, 1.165) is 12.4 Å². The van der Waals surface area contributed by atoms with E-state index in [0.29, 0.717) is 12.5 Å². The largest absolute Gasteiger partial charge is 0.353 e. The Morgan fingerprint density at radius 3 is 2.63 bits per heavy atom. The molecule has 0 saturated carbocycles. The van der Waals surface area contributed by atoms with Gasteiger partial charge in [0.05, 0.1) is 12.5 Å². The molecule has 2 heterocycles. The fourth-order valence-electron chi connectivity index (χ4n) is 2.55. The number of rotatable bonds is 4. The van der Waals surface area contributed by atoms with E-state index < -0.39 is 10.0 Å². The Labute approximate surface area is 114 Å². The molecule has 1 saturated heterocycles. The second-order valence-electron chi connectivity index (χ2n) is 5.37. The summed E-state index contributed by atoms with van der Waals surface area (Å²) >= 11 is 0. The predicted octanol–water partition coefficient (Wildman–Crippen LogP) is 0.487. The van der Waals surface area contributed by atoms with Gasteiger partial charge in [-0.15, -0.1) is 0 Å². The van der Waals surface area contributed by atoms with Gasteiger partial charge in [-0.3, -0.25) is 4.98 Å². The molecule has 0 radical (unpaired) electrons. The van der Waals surface area contributed by atoms with Crippen molar-refractivity contribution in [2.24, 2.45) is 11.8 Å². The Bertz CT molecular complexity index is 518. The van der Waals surface area contributed by atoms with Crippen LogP contribution in [-0.4, -0.2) is 43.8 Å². The smallest absolute Gasteiger partial charge is 0.209 e. The van der Waals surface area contributed by atoms with Crippen LogP contribution in [0.1, 0.15) is 13.8 Å². The molecule has 1 N–H and O–H groups in total. The van der Waals surface area contributed by atoms with Crippen LogP contribution in [0.3, 0.4) is 0 Å².